The molecule has 9 heteroatoms. The molecule has 3 N–H and O–H groups in total. The normalized spacial score (nSPS) is 25.5. The summed E-state index contributed by atoms with van der Waals surface area (Å²) < 4.78 is 16.4. The minimum Gasteiger partial charge on any atom is -0.508 e. The Kier molecular flexibility index (Phi) is 7.15. The fourth-order valence-corrected chi connectivity index (χ4v) is 4.70. The smallest absolute Gasteiger partial charge is 0.141 e. The number of aliphatic hydroxyl groups is 1. The van der Waals surface area contributed by atoms with Crippen molar-refractivity contribution in [3.8, 4) is 11.8 Å². The number of rotatable bonds is 7. The Morgan fingerprint density at radius 3 is 2.88 bits per heavy atom. The summed E-state index contributed by atoms with van der Waals surface area (Å²) in [6, 6.07) is 6.71. The highest BCUT2D eigenvalue weighted by Crippen LogP contribution is 2.29. The molecular formula is C24H27ClFN5O2. The SMILES string of the molecule is CC1C(Cn2cncc2CNC2CCN(Cc3cc(O)cc(Cl)c3)C2O)=CC=C(C#N)C1F. The van der Waals surface area contributed by atoms with Gasteiger partial charge >= 0.3 is 0 Å². The number of benzene rings is 1. The van der Waals surface area contributed by atoms with Crippen LogP contribution in [0.5, 0.6) is 5.75 Å². The Morgan fingerprint density at radius 2 is 2.12 bits per heavy atom. The molecule has 1 aliphatic heterocycles. The molecule has 4 unspecified atom stereocenters. The van der Waals surface area contributed by atoms with E-state index in [0.29, 0.717) is 31.2 Å². The van der Waals surface area contributed by atoms with Crippen LogP contribution in [0.4, 0.5) is 4.39 Å². The van der Waals surface area contributed by atoms with Crippen LogP contribution in [-0.2, 0) is 19.6 Å². The van der Waals surface area contributed by atoms with Gasteiger partial charge in [-0.1, -0.05) is 24.6 Å². The van der Waals surface area contributed by atoms with Gasteiger partial charge in [-0.3, -0.25) is 4.90 Å². The van der Waals surface area contributed by atoms with E-state index in [-0.39, 0.29) is 23.3 Å². The summed E-state index contributed by atoms with van der Waals surface area (Å²) in [5, 5.41) is 33.4. The molecule has 4 atom stereocenters. The molecule has 1 fully saturated rings. The predicted octanol–water partition coefficient (Wildman–Crippen LogP) is 3.29. The molecule has 0 radical (unpaired) electrons. The largest absolute Gasteiger partial charge is 0.508 e. The van der Waals surface area contributed by atoms with Gasteiger partial charge in [0.1, 0.15) is 18.1 Å². The minimum atomic E-state index is -1.29. The summed E-state index contributed by atoms with van der Waals surface area (Å²) in [4.78, 5) is 6.18. The lowest BCUT2D eigenvalue weighted by Gasteiger charge is -2.25. The number of allylic oxidation sites excluding steroid dienone is 4. The lowest BCUT2D eigenvalue weighted by Crippen LogP contribution is -2.42. The molecule has 2 aliphatic rings. The van der Waals surface area contributed by atoms with Crippen molar-refractivity contribution < 1.29 is 14.6 Å². The van der Waals surface area contributed by atoms with Gasteiger partial charge in [0.2, 0.25) is 0 Å². The highest BCUT2D eigenvalue weighted by Gasteiger charge is 2.32. The van der Waals surface area contributed by atoms with Gasteiger partial charge in [-0.15, -0.1) is 0 Å². The molecule has 7 nitrogen and oxygen atoms in total. The quantitative estimate of drug-likeness (QED) is 0.573. The number of nitrogens with one attached hydrogen (secondary N) is 1. The average molecular weight is 472 g/mol. The number of likely N-dealkylation sites (tertiary alicyclic amines) is 1. The molecule has 174 valence electrons. The van der Waals surface area contributed by atoms with Crippen molar-refractivity contribution >= 4 is 11.6 Å². The Morgan fingerprint density at radius 1 is 1.30 bits per heavy atom. The third-order valence-corrected chi connectivity index (χ3v) is 6.63. The minimum absolute atomic E-state index is 0.106. The van der Waals surface area contributed by atoms with Crippen molar-refractivity contribution in [2.45, 2.75) is 51.4 Å². The number of imidazole rings is 1. The van der Waals surface area contributed by atoms with Crippen LogP contribution in [0.25, 0.3) is 0 Å². The van der Waals surface area contributed by atoms with E-state index in [9.17, 15) is 14.6 Å². The highest BCUT2D eigenvalue weighted by molar-refractivity contribution is 6.30. The number of halogens is 2. The summed E-state index contributed by atoms with van der Waals surface area (Å²) in [5.74, 6) is -0.265. The summed E-state index contributed by atoms with van der Waals surface area (Å²) in [6.07, 6.45) is 5.66. The lowest BCUT2D eigenvalue weighted by molar-refractivity contribution is 0.0146. The second-order valence-electron chi connectivity index (χ2n) is 8.66. The van der Waals surface area contributed by atoms with Crippen molar-refractivity contribution in [2.75, 3.05) is 6.54 Å². The molecule has 0 saturated carbocycles. The zero-order valence-electron chi connectivity index (χ0n) is 18.3. The highest BCUT2D eigenvalue weighted by atomic mass is 35.5. The second-order valence-corrected chi connectivity index (χ2v) is 9.09. The van der Waals surface area contributed by atoms with Gasteiger partial charge < -0.3 is 20.1 Å². The van der Waals surface area contributed by atoms with Crippen molar-refractivity contribution in [2.24, 2.45) is 5.92 Å². The number of aromatic hydroxyl groups is 1. The van der Waals surface area contributed by atoms with Crippen LogP contribution in [0, 0.1) is 17.2 Å². The van der Waals surface area contributed by atoms with Crippen LogP contribution in [0.2, 0.25) is 5.02 Å². The van der Waals surface area contributed by atoms with E-state index in [1.165, 1.54) is 6.07 Å². The van der Waals surface area contributed by atoms with E-state index in [0.717, 1.165) is 23.3 Å². The molecule has 1 saturated heterocycles. The van der Waals surface area contributed by atoms with Crippen LogP contribution in [0.3, 0.4) is 0 Å². The van der Waals surface area contributed by atoms with E-state index in [4.69, 9.17) is 16.9 Å². The van der Waals surface area contributed by atoms with E-state index >= 15 is 0 Å². The zero-order chi connectivity index (χ0) is 23.5. The zero-order valence-corrected chi connectivity index (χ0v) is 19.1. The van der Waals surface area contributed by atoms with Crippen molar-refractivity contribution in [1.82, 2.24) is 19.8 Å². The summed E-state index contributed by atoms with van der Waals surface area (Å²) in [7, 11) is 0. The van der Waals surface area contributed by atoms with Gasteiger partial charge in [0.25, 0.3) is 0 Å². The van der Waals surface area contributed by atoms with Crippen LogP contribution >= 0.6 is 11.6 Å². The van der Waals surface area contributed by atoms with Crippen molar-refractivity contribution in [3.05, 3.63) is 70.3 Å². The number of nitriles is 1. The van der Waals surface area contributed by atoms with Crippen LogP contribution in [0.15, 0.2) is 54.0 Å². The van der Waals surface area contributed by atoms with Gasteiger partial charge in [0.15, 0.2) is 0 Å². The molecule has 1 aliphatic carbocycles. The standard InChI is InChI=1S/C24H27ClFN5O2/c1-15-18(3-2-17(9-27)23(15)26)13-31-14-28-10-20(31)11-29-22-4-5-30(24(22)33)12-16-6-19(25)8-21(32)7-16/h2-3,6-8,10,14-15,22-24,29,32-33H,4-5,11-13H2,1H3. The molecule has 0 spiro atoms. The van der Waals surface area contributed by atoms with Crippen LogP contribution in [-0.4, -0.2) is 49.7 Å². The lowest BCUT2D eigenvalue weighted by atomic mass is 9.87. The Bertz CT molecular complexity index is 1090. The number of aliphatic hydroxyl groups excluding tert-OH is 1. The van der Waals surface area contributed by atoms with E-state index in [1.807, 2.05) is 21.6 Å². The fraction of sp³-hybridized carbons (Fsp3) is 0.417. The third-order valence-electron chi connectivity index (χ3n) is 6.41. The van der Waals surface area contributed by atoms with Crippen LogP contribution < -0.4 is 5.32 Å². The topological polar surface area (TPSA) is 97.3 Å². The fourth-order valence-electron chi connectivity index (χ4n) is 4.44. The first-order valence-corrected chi connectivity index (χ1v) is 11.3. The van der Waals surface area contributed by atoms with Gasteiger partial charge in [-0.25, -0.2) is 9.37 Å². The number of aromatic nitrogens is 2. The number of phenols is 1. The molecule has 0 bridgehead atoms. The molecule has 1 aromatic carbocycles. The maximum Gasteiger partial charge on any atom is 0.141 e. The Balaban J connectivity index is 1.35. The van der Waals surface area contributed by atoms with Crippen molar-refractivity contribution in [3.63, 3.8) is 0 Å². The molecule has 2 aromatic rings. The first kappa shape index (κ1) is 23.5. The van der Waals surface area contributed by atoms with E-state index in [1.54, 1.807) is 37.7 Å². The first-order valence-electron chi connectivity index (χ1n) is 10.9. The second kappa shape index (κ2) is 10.1. The molecule has 0 amide bonds. The molecular weight excluding hydrogens is 445 g/mol. The van der Waals surface area contributed by atoms with Gasteiger partial charge in [0, 0.05) is 49.4 Å². The third kappa shape index (κ3) is 5.28. The Labute approximate surface area is 197 Å². The first-order chi connectivity index (χ1) is 15.9. The van der Waals surface area contributed by atoms with E-state index in [2.05, 4.69) is 10.3 Å². The van der Waals surface area contributed by atoms with Crippen LogP contribution in [0.1, 0.15) is 24.6 Å². The maximum absolute atomic E-state index is 14.4. The molecule has 33 heavy (non-hydrogen) atoms. The molecule has 4 rings (SSSR count). The molecule has 2 heterocycles. The van der Waals surface area contributed by atoms with Crippen molar-refractivity contribution in [1.29, 1.82) is 5.26 Å². The number of hydrogen-bond donors (Lipinski definition) is 3. The summed E-state index contributed by atoms with van der Waals surface area (Å²) in [6.45, 7) is 3.99. The molecule has 1 aromatic heterocycles. The summed E-state index contributed by atoms with van der Waals surface area (Å²) >= 11 is 6.02. The van der Waals surface area contributed by atoms with Gasteiger partial charge in [-0.2, -0.15) is 5.26 Å². The monoisotopic (exact) mass is 471 g/mol. The van der Waals surface area contributed by atoms with Gasteiger partial charge in [0.05, 0.1) is 23.7 Å². The van der Waals surface area contributed by atoms with Gasteiger partial charge in [-0.05, 0) is 41.8 Å². The number of alkyl halides is 1. The summed E-state index contributed by atoms with van der Waals surface area (Å²) in [5.41, 5.74) is 2.83. The predicted molar refractivity (Wildman–Crippen MR) is 123 cm³/mol. The number of hydrogen-bond acceptors (Lipinski definition) is 6. The number of nitrogens with zero attached hydrogens (tertiary/aromatic N) is 4. The average Bonchev–Trinajstić information content (AvgIpc) is 3.36. The van der Waals surface area contributed by atoms with E-state index < -0.39 is 12.4 Å². The Hall–Kier alpha value is -2.70. The maximum atomic E-state index is 14.4. The number of phenolic OH excluding ortho intramolecular Hbond substituents is 1.